The molecule has 1 saturated heterocycles. The molecular formula is C40H44N2O9S. The molecule has 1 heterocycles. The van der Waals surface area contributed by atoms with Crippen LogP contribution in [-0.4, -0.2) is 62.2 Å². The lowest BCUT2D eigenvalue weighted by atomic mass is 9.92. The topological polar surface area (TPSA) is 149 Å². The van der Waals surface area contributed by atoms with E-state index < -0.39 is 28.0 Å². The molecule has 0 aliphatic carbocycles. The number of hydrogen-bond donors (Lipinski definition) is 2. The number of sulfonamides is 1. The van der Waals surface area contributed by atoms with Gasteiger partial charge in [-0.3, -0.25) is 4.79 Å². The van der Waals surface area contributed by atoms with Gasteiger partial charge >= 0.3 is 18.0 Å². The Morgan fingerprint density at radius 3 is 2.04 bits per heavy atom. The van der Waals surface area contributed by atoms with Crippen LogP contribution in [0.3, 0.4) is 0 Å². The second kappa shape index (κ2) is 18.9. The number of piperidine rings is 1. The van der Waals surface area contributed by atoms with Gasteiger partial charge in [0, 0.05) is 13.1 Å². The number of benzene rings is 4. The molecule has 2 N–H and O–H groups in total. The molecule has 4 aromatic carbocycles. The van der Waals surface area contributed by atoms with Crippen LogP contribution < -0.4 is 9.46 Å². The van der Waals surface area contributed by atoms with Gasteiger partial charge in [0.05, 0.1) is 17.1 Å². The molecule has 1 amide bonds. The third-order valence-electron chi connectivity index (χ3n) is 8.91. The predicted molar refractivity (Wildman–Crippen MR) is 194 cm³/mol. The third-order valence-corrected chi connectivity index (χ3v) is 10.4. The molecule has 4 aromatic rings. The highest BCUT2D eigenvalue weighted by atomic mass is 32.2. The van der Waals surface area contributed by atoms with Gasteiger partial charge in [0.15, 0.2) is 0 Å². The van der Waals surface area contributed by atoms with E-state index in [2.05, 4.69) is 4.72 Å². The van der Waals surface area contributed by atoms with Crippen LogP contribution in [0.2, 0.25) is 0 Å². The number of esters is 1. The summed E-state index contributed by atoms with van der Waals surface area (Å²) >= 11 is 0. The Bertz CT molecular complexity index is 1860. The fraction of sp³-hybridized carbons (Fsp3) is 0.325. The van der Waals surface area contributed by atoms with Gasteiger partial charge in [0.1, 0.15) is 25.0 Å². The molecule has 1 atom stereocenters. The number of likely N-dealkylation sites (tertiary alicyclic amines) is 1. The highest BCUT2D eigenvalue weighted by Crippen LogP contribution is 2.24. The highest BCUT2D eigenvalue weighted by molar-refractivity contribution is 7.89. The summed E-state index contributed by atoms with van der Waals surface area (Å²) in [5.74, 6) is -0.825. The van der Waals surface area contributed by atoms with E-state index in [9.17, 15) is 27.9 Å². The van der Waals surface area contributed by atoms with Crippen molar-refractivity contribution in [1.29, 1.82) is 0 Å². The normalized spacial score (nSPS) is 14.0. The summed E-state index contributed by atoms with van der Waals surface area (Å²) in [6.45, 7) is 2.18. The Balaban J connectivity index is 1.07. The average Bonchev–Trinajstić information content (AvgIpc) is 3.17. The molecule has 0 unspecified atom stereocenters. The minimum atomic E-state index is -4.28. The Labute approximate surface area is 304 Å². The molecule has 52 heavy (non-hydrogen) atoms. The maximum atomic E-state index is 13.3. The first-order valence-corrected chi connectivity index (χ1v) is 18.9. The van der Waals surface area contributed by atoms with Crippen molar-refractivity contribution in [3.63, 3.8) is 0 Å². The van der Waals surface area contributed by atoms with Crippen molar-refractivity contribution in [3.8, 4) is 5.75 Å². The van der Waals surface area contributed by atoms with Crippen molar-refractivity contribution in [1.82, 2.24) is 9.62 Å². The van der Waals surface area contributed by atoms with Gasteiger partial charge in [-0.1, -0.05) is 85.3 Å². The number of nitrogens with zero attached hydrogens (tertiary/aromatic N) is 1. The number of carbonyl (C=O) groups excluding carboxylic acids is 2. The number of nitrogens with one attached hydrogen (secondary N) is 1. The van der Waals surface area contributed by atoms with Gasteiger partial charge < -0.3 is 24.2 Å². The third kappa shape index (κ3) is 11.7. The molecule has 0 radical (unpaired) electrons. The monoisotopic (exact) mass is 728 g/mol. The molecule has 0 saturated carbocycles. The second-order valence-electron chi connectivity index (χ2n) is 12.8. The molecule has 0 bridgehead atoms. The molecule has 1 aliphatic rings. The summed E-state index contributed by atoms with van der Waals surface area (Å²) in [7, 11) is -4.28. The zero-order chi connectivity index (χ0) is 36.8. The van der Waals surface area contributed by atoms with Crippen LogP contribution in [0, 0.1) is 5.92 Å². The van der Waals surface area contributed by atoms with Crippen molar-refractivity contribution < 1.29 is 42.1 Å². The van der Waals surface area contributed by atoms with Crippen LogP contribution in [0.15, 0.2) is 114 Å². The maximum absolute atomic E-state index is 13.3. The van der Waals surface area contributed by atoms with Crippen LogP contribution >= 0.6 is 0 Å². The van der Waals surface area contributed by atoms with E-state index in [0.29, 0.717) is 36.9 Å². The van der Waals surface area contributed by atoms with Crippen molar-refractivity contribution in [2.45, 2.75) is 62.7 Å². The molecule has 11 nitrogen and oxygen atoms in total. The zero-order valence-corrected chi connectivity index (χ0v) is 29.7. The van der Waals surface area contributed by atoms with E-state index in [4.69, 9.17) is 14.2 Å². The number of rotatable bonds is 17. The Hall–Kier alpha value is -5.20. The lowest BCUT2D eigenvalue weighted by Crippen LogP contribution is -2.43. The number of hydrogen-bond acceptors (Lipinski definition) is 8. The van der Waals surface area contributed by atoms with Crippen molar-refractivity contribution in [2.75, 3.05) is 19.7 Å². The van der Waals surface area contributed by atoms with Crippen LogP contribution in [0.4, 0.5) is 4.79 Å². The smallest absolute Gasteiger partial charge is 0.410 e. The lowest BCUT2D eigenvalue weighted by molar-refractivity contribution is -0.147. The molecule has 274 valence electrons. The Morgan fingerprint density at radius 2 is 1.40 bits per heavy atom. The molecular weight excluding hydrogens is 685 g/mol. The van der Waals surface area contributed by atoms with Gasteiger partial charge in [0.25, 0.3) is 0 Å². The number of carboxylic acid groups (broad SMARTS) is 1. The molecule has 0 spiro atoms. The average molecular weight is 729 g/mol. The van der Waals surface area contributed by atoms with E-state index >= 15 is 0 Å². The largest absolute Gasteiger partial charge is 0.494 e. The van der Waals surface area contributed by atoms with Crippen LogP contribution in [0.25, 0.3) is 0 Å². The first kappa shape index (κ1) is 38.0. The van der Waals surface area contributed by atoms with E-state index in [0.717, 1.165) is 49.3 Å². The number of unbranched alkanes of at least 4 members (excludes halogenated alkanes) is 1. The number of carbonyl (C=O) groups is 3. The second-order valence-corrected chi connectivity index (χ2v) is 14.5. The standard InChI is InChI=1S/C40H44N2O9S/c43-38(44)34-15-9-16-36(27-34)52(47,48)41-37(39(45)50-28-32-11-3-1-4-12-32)26-31-17-19-35(20-18-31)49-25-8-7-10-30-21-23-42(24-22-30)40(46)51-29-33-13-5-2-6-14-33/h1-6,9,11-20,27,30,37,41H,7-8,10,21-26,28-29H2,(H,43,44)/t37-/m0/s1. The predicted octanol–water partition coefficient (Wildman–Crippen LogP) is 6.62. The molecule has 5 rings (SSSR count). The summed E-state index contributed by atoms with van der Waals surface area (Å²) < 4.78 is 45.9. The van der Waals surface area contributed by atoms with Gasteiger partial charge in [-0.05, 0) is 85.0 Å². The number of amides is 1. The minimum Gasteiger partial charge on any atom is -0.494 e. The van der Waals surface area contributed by atoms with Gasteiger partial charge in [-0.2, -0.15) is 4.72 Å². The van der Waals surface area contributed by atoms with Crippen LogP contribution in [-0.2, 0) is 43.9 Å². The highest BCUT2D eigenvalue weighted by Gasteiger charge is 2.28. The molecule has 12 heteroatoms. The molecule has 1 fully saturated rings. The summed E-state index contributed by atoms with van der Waals surface area (Å²) in [6.07, 6.45) is 4.58. The number of ether oxygens (including phenoxy) is 3. The Kier molecular flexibility index (Phi) is 13.8. The van der Waals surface area contributed by atoms with E-state index in [1.807, 2.05) is 48.5 Å². The quantitative estimate of drug-likeness (QED) is 0.0905. The van der Waals surface area contributed by atoms with Crippen molar-refractivity contribution >= 4 is 28.1 Å². The number of aromatic carboxylic acids is 1. The summed E-state index contributed by atoms with van der Waals surface area (Å²) in [5.41, 5.74) is 2.20. The van der Waals surface area contributed by atoms with Gasteiger partial charge in [-0.15, -0.1) is 0 Å². The Morgan fingerprint density at radius 1 is 0.769 bits per heavy atom. The summed E-state index contributed by atoms with van der Waals surface area (Å²) in [6, 6.07) is 29.4. The van der Waals surface area contributed by atoms with Gasteiger partial charge in [-0.25, -0.2) is 18.0 Å². The van der Waals surface area contributed by atoms with Gasteiger partial charge in [0.2, 0.25) is 10.0 Å². The van der Waals surface area contributed by atoms with E-state index in [-0.39, 0.29) is 36.2 Å². The first-order valence-electron chi connectivity index (χ1n) is 17.4. The molecule has 1 aliphatic heterocycles. The van der Waals surface area contributed by atoms with Crippen LogP contribution in [0.1, 0.15) is 59.2 Å². The van der Waals surface area contributed by atoms with E-state index in [1.165, 1.54) is 18.2 Å². The fourth-order valence-corrected chi connectivity index (χ4v) is 7.18. The molecule has 0 aromatic heterocycles. The zero-order valence-electron chi connectivity index (χ0n) is 28.9. The number of carboxylic acids is 1. The summed E-state index contributed by atoms with van der Waals surface area (Å²) in [4.78, 5) is 38.6. The lowest BCUT2D eigenvalue weighted by Gasteiger charge is -2.31. The van der Waals surface area contributed by atoms with Crippen LogP contribution in [0.5, 0.6) is 5.75 Å². The summed E-state index contributed by atoms with van der Waals surface area (Å²) in [5, 5.41) is 9.33. The maximum Gasteiger partial charge on any atom is 0.410 e. The minimum absolute atomic E-state index is 0.00464. The SMILES string of the molecule is O=C(O)c1cccc(S(=O)(=O)N[C@@H](Cc2ccc(OCCCCC3CCN(C(=O)OCc4ccccc4)CC3)cc2)C(=O)OCc2ccccc2)c1. The van der Waals surface area contributed by atoms with E-state index in [1.54, 1.807) is 41.3 Å². The van der Waals surface area contributed by atoms with Crippen molar-refractivity contribution in [2.24, 2.45) is 5.92 Å². The van der Waals surface area contributed by atoms with Crippen molar-refractivity contribution in [3.05, 3.63) is 131 Å². The first-order chi connectivity index (χ1) is 25.2. The fourth-order valence-electron chi connectivity index (χ4n) is 5.95.